The Morgan fingerprint density at radius 1 is 0.970 bits per heavy atom. The third kappa shape index (κ3) is 6.59. The minimum atomic E-state index is -4.62. The van der Waals surface area contributed by atoms with E-state index in [1.54, 1.807) is 0 Å². The van der Waals surface area contributed by atoms with Gasteiger partial charge < -0.3 is 10.1 Å². The van der Waals surface area contributed by atoms with Gasteiger partial charge >= 0.3 is 6.18 Å². The fourth-order valence-electron chi connectivity index (χ4n) is 2.61. The molecule has 6 nitrogen and oxygen atoms in total. The van der Waals surface area contributed by atoms with Crippen molar-refractivity contribution < 1.29 is 35.5 Å². The molecular weight excluding hydrogens is 488 g/mol. The van der Waals surface area contributed by atoms with E-state index in [1.807, 2.05) is 0 Å². The summed E-state index contributed by atoms with van der Waals surface area (Å²) in [4.78, 5) is 11.7. The maximum atomic E-state index is 13.1. The standard InChI is InChI=1S/C21H15ClF4N2O4S/c22-18-11-14(4-9-19(18)23)27-20(29)12-32-16-5-7-17(8-6-16)33(30,31)28-15-3-1-2-13(10-15)21(24,25)26/h1-11,28H,12H2,(H,27,29). The molecule has 3 rings (SSSR count). The van der Waals surface area contributed by atoms with Gasteiger partial charge in [0.05, 0.1) is 15.5 Å². The molecule has 1 amide bonds. The zero-order valence-corrected chi connectivity index (χ0v) is 18.1. The zero-order chi connectivity index (χ0) is 24.2. The van der Waals surface area contributed by atoms with Crippen LogP contribution in [-0.2, 0) is 21.0 Å². The second-order valence-electron chi connectivity index (χ2n) is 6.62. The molecule has 0 atom stereocenters. The Kier molecular flexibility index (Phi) is 7.13. The maximum Gasteiger partial charge on any atom is 0.416 e. The summed E-state index contributed by atoms with van der Waals surface area (Å²) in [6, 6.07) is 12.3. The van der Waals surface area contributed by atoms with Crippen LogP contribution in [0.2, 0.25) is 5.02 Å². The number of carbonyl (C=O) groups is 1. The van der Waals surface area contributed by atoms with Gasteiger partial charge in [0.1, 0.15) is 11.6 Å². The molecule has 0 saturated heterocycles. The normalized spacial score (nSPS) is 11.7. The first-order valence-electron chi connectivity index (χ1n) is 9.12. The van der Waals surface area contributed by atoms with E-state index in [-0.39, 0.29) is 27.0 Å². The smallest absolute Gasteiger partial charge is 0.416 e. The van der Waals surface area contributed by atoms with Crippen molar-refractivity contribution in [2.45, 2.75) is 11.1 Å². The van der Waals surface area contributed by atoms with Crippen molar-refractivity contribution in [1.82, 2.24) is 0 Å². The van der Waals surface area contributed by atoms with E-state index in [2.05, 4.69) is 10.0 Å². The summed E-state index contributed by atoms with van der Waals surface area (Å²) in [5.74, 6) is -1.04. The number of benzene rings is 3. The average Bonchev–Trinajstić information content (AvgIpc) is 2.74. The number of alkyl halides is 3. The average molecular weight is 503 g/mol. The summed E-state index contributed by atoms with van der Waals surface area (Å²) in [5.41, 5.74) is -0.979. The van der Waals surface area contributed by atoms with Crippen LogP contribution in [0.3, 0.4) is 0 Å². The second-order valence-corrected chi connectivity index (χ2v) is 8.71. The van der Waals surface area contributed by atoms with Gasteiger partial charge in [-0.3, -0.25) is 9.52 Å². The predicted octanol–water partition coefficient (Wildman–Crippen LogP) is 5.32. The van der Waals surface area contributed by atoms with E-state index in [0.29, 0.717) is 6.07 Å². The lowest BCUT2D eigenvalue weighted by molar-refractivity contribution is -0.137. The molecule has 2 N–H and O–H groups in total. The lowest BCUT2D eigenvalue weighted by Crippen LogP contribution is -2.20. The Hall–Kier alpha value is -3.31. The molecule has 0 spiro atoms. The Morgan fingerprint density at radius 3 is 2.30 bits per heavy atom. The Labute approximate surface area is 191 Å². The van der Waals surface area contributed by atoms with Gasteiger partial charge in [0.25, 0.3) is 15.9 Å². The molecule has 0 aromatic heterocycles. The minimum Gasteiger partial charge on any atom is -0.484 e. The summed E-state index contributed by atoms with van der Waals surface area (Å²) in [5, 5.41) is 2.29. The third-order valence-corrected chi connectivity index (χ3v) is 5.84. The van der Waals surface area contributed by atoms with E-state index in [4.69, 9.17) is 16.3 Å². The first-order valence-corrected chi connectivity index (χ1v) is 11.0. The largest absolute Gasteiger partial charge is 0.484 e. The number of carbonyl (C=O) groups excluding carboxylic acids is 1. The molecule has 0 bridgehead atoms. The van der Waals surface area contributed by atoms with Gasteiger partial charge in [0, 0.05) is 11.4 Å². The highest BCUT2D eigenvalue weighted by atomic mass is 35.5. The predicted molar refractivity (Wildman–Crippen MR) is 114 cm³/mol. The summed E-state index contributed by atoms with van der Waals surface area (Å²) >= 11 is 5.64. The highest BCUT2D eigenvalue weighted by Crippen LogP contribution is 2.31. The SMILES string of the molecule is O=C(COc1ccc(S(=O)(=O)Nc2cccc(C(F)(F)F)c2)cc1)Nc1ccc(F)c(Cl)c1. The number of halogens is 5. The summed E-state index contributed by atoms with van der Waals surface area (Å²) in [6.07, 6.45) is -4.62. The first kappa shape index (κ1) is 24.3. The van der Waals surface area contributed by atoms with Crippen molar-refractivity contribution in [3.8, 4) is 5.75 Å². The number of rotatable bonds is 7. The van der Waals surface area contributed by atoms with Crippen molar-refractivity contribution in [2.75, 3.05) is 16.6 Å². The Balaban J connectivity index is 1.61. The molecule has 0 saturated carbocycles. The molecule has 0 unspecified atom stereocenters. The lowest BCUT2D eigenvalue weighted by atomic mass is 10.2. The topological polar surface area (TPSA) is 84.5 Å². The van der Waals surface area contributed by atoms with Gasteiger partial charge in [-0.2, -0.15) is 13.2 Å². The van der Waals surface area contributed by atoms with Crippen LogP contribution in [0.15, 0.2) is 71.6 Å². The molecule has 33 heavy (non-hydrogen) atoms. The van der Waals surface area contributed by atoms with Gasteiger partial charge in [-0.1, -0.05) is 17.7 Å². The van der Waals surface area contributed by atoms with Crippen LogP contribution in [0.1, 0.15) is 5.56 Å². The number of nitrogens with one attached hydrogen (secondary N) is 2. The van der Waals surface area contributed by atoms with Crippen LogP contribution in [-0.4, -0.2) is 20.9 Å². The van der Waals surface area contributed by atoms with E-state index < -0.39 is 40.1 Å². The van der Waals surface area contributed by atoms with Gasteiger partial charge in [-0.15, -0.1) is 0 Å². The fraction of sp³-hybridized carbons (Fsp3) is 0.0952. The van der Waals surface area contributed by atoms with E-state index in [0.717, 1.165) is 18.2 Å². The number of amides is 1. The number of ether oxygens (including phenoxy) is 1. The Bertz CT molecular complexity index is 1270. The molecule has 0 aliphatic heterocycles. The molecule has 3 aromatic carbocycles. The number of sulfonamides is 1. The molecule has 12 heteroatoms. The van der Waals surface area contributed by atoms with E-state index >= 15 is 0 Å². The fourth-order valence-corrected chi connectivity index (χ4v) is 3.84. The Morgan fingerprint density at radius 2 is 1.67 bits per heavy atom. The van der Waals surface area contributed by atoms with Crippen LogP contribution >= 0.6 is 11.6 Å². The van der Waals surface area contributed by atoms with Crippen LogP contribution in [0.5, 0.6) is 5.75 Å². The molecule has 174 valence electrons. The first-order chi connectivity index (χ1) is 15.4. The highest BCUT2D eigenvalue weighted by Gasteiger charge is 2.30. The third-order valence-electron chi connectivity index (χ3n) is 4.15. The molecule has 0 heterocycles. The minimum absolute atomic E-state index is 0.163. The van der Waals surface area contributed by atoms with Crippen LogP contribution in [0, 0.1) is 5.82 Å². The highest BCUT2D eigenvalue weighted by molar-refractivity contribution is 7.92. The molecule has 0 aliphatic carbocycles. The van der Waals surface area contributed by atoms with Crippen molar-refractivity contribution in [2.24, 2.45) is 0 Å². The maximum absolute atomic E-state index is 13.1. The van der Waals surface area contributed by atoms with E-state index in [1.165, 1.54) is 42.5 Å². The van der Waals surface area contributed by atoms with Crippen molar-refractivity contribution in [1.29, 1.82) is 0 Å². The quantitative estimate of drug-likeness (QED) is 0.428. The van der Waals surface area contributed by atoms with Gasteiger partial charge in [-0.05, 0) is 60.7 Å². The lowest BCUT2D eigenvalue weighted by Gasteiger charge is -2.12. The summed E-state index contributed by atoms with van der Waals surface area (Å²) in [6.45, 7) is -0.427. The molecular formula is C21H15ClF4N2O4S. The second kappa shape index (κ2) is 9.67. The monoisotopic (exact) mass is 502 g/mol. The van der Waals surface area contributed by atoms with Crippen molar-refractivity contribution in [3.63, 3.8) is 0 Å². The van der Waals surface area contributed by atoms with Gasteiger partial charge in [0.15, 0.2) is 6.61 Å². The number of hydrogen-bond acceptors (Lipinski definition) is 4. The van der Waals surface area contributed by atoms with Crippen LogP contribution in [0.4, 0.5) is 28.9 Å². The van der Waals surface area contributed by atoms with E-state index in [9.17, 15) is 30.8 Å². The molecule has 3 aromatic rings. The molecule has 0 fully saturated rings. The molecule has 0 aliphatic rings. The van der Waals surface area contributed by atoms with Crippen molar-refractivity contribution >= 4 is 38.9 Å². The summed E-state index contributed by atoms with van der Waals surface area (Å²) < 4.78 is 83.9. The van der Waals surface area contributed by atoms with Gasteiger partial charge in [0.2, 0.25) is 0 Å². The molecule has 0 radical (unpaired) electrons. The number of hydrogen-bond donors (Lipinski definition) is 2. The number of anilines is 2. The van der Waals surface area contributed by atoms with Crippen LogP contribution in [0.25, 0.3) is 0 Å². The zero-order valence-electron chi connectivity index (χ0n) is 16.5. The van der Waals surface area contributed by atoms with Crippen molar-refractivity contribution in [3.05, 3.63) is 83.1 Å². The van der Waals surface area contributed by atoms with Gasteiger partial charge in [-0.25, -0.2) is 12.8 Å². The summed E-state index contributed by atoms with van der Waals surface area (Å²) in [7, 11) is -4.17. The van der Waals surface area contributed by atoms with Crippen LogP contribution < -0.4 is 14.8 Å².